The Hall–Kier alpha value is -1.06. The number of rotatable bonds is 5. The second-order valence-corrected chi connectivity index (χ2v) is 3.68. The fraction of sp³-hybridized carbons (Fsp3) is 0.800. The van der Waals surface area contributed by atoms with Gasteiger partial charge in [0.15, 0.2) is 5.92 Å². The van der Waals surface area contributed by atoms with Gasteiger partial charge in [-0.3, -0.25) is 9.59 Å². The van der Waals surface area contributed by atoms with Gasteiger partial charge < -0.3 is 9.84 Å². The summed E-state index contributed by atoms with van der Waals surface area (Å²) in [7, 11) is 0. The van der Waals surface area contributed by atoms with E-state index in [1.165, 1.54) is 0 Å². The van der Waals surface area contributed by atoms with Crippen LogP contribution >= 0.6 is 0 Å². The highest BCUT2D eigenvalue weighted by molar-refractivity contribution is 5.95. The number of aliphatic carboxylic acids is 1. The molecule has 4 heteroatoms. The third kappa shape index (κ3) is 2.72. The van der Waals surface area contributed by atoms with Gasteiger partial charge in [0.2, 0.25) is 0 Å². The Bertz CT molecular complexity index is 224. The first kappa shape index (κ1) is 11.0. The minimum Gasteiger partial charge on any atom is -0.481 e. The molecule has 1 saturated heterocycles. The highest BCUT2D eigenvalue weighted by atomic mass is 16.6. The Morgan fingerprint density at radius 2 is 2.29 bits per heavy atom. The number of ether oxygens (including phenoxy) is 1. The van der Waals surface area contributed by atoms with Crippen molar-refractivity contribution in [3.8, 4) is 0 Å². The standard InChI is InChI=1S/C10H16O4/c1-2-3-4-5-7-6-8(9(11)12)10(13)14-7/h7-8H,2-6H2,1H3,(H,11,12). The molecule has 14 heavy (non-hydrogen) atoms. The highest BCUT2D eigenvalue weighted by Crippen LogP contribution is 2.25. The van der Waals surface area contributed by atoms with Gasteiger partial charge in [0.25, 0.3) is 0 Å². The number of hydrogen-bond donors (Lipinski definition) is 1. The number of carbonyl (C=O) groups excluding carboxylic acids is 1. The second kappa shape index (κ2) is 4.98. The van der Waals surface area contributed by atoms with Gasteiger partial charge >= 0.3 is 11.9 Å². The molecule has 0 radical (unpaired) electrons. The third-order valence-corrected chi connectivity index (χ3v) is 2.49. The zero-order valence-electron chi connectivity index (χ0n) is 8.36. The zero-order valence-corrected chi connectivity index (χ0v) is 8.36. The molecule has 1 rings (SSSR count). The van der Waals surface area contributed by atoms with E-state index >= 15 is 0 Å². The predicted octanol–water partition coefficient (Wildman–Crippen LogP) is 1.58. The monoisotopic (exact) mass is 200 g/mol. The molecule has 0 aliphatic carbocycles. The summed E-state index contributed by atoms with van der Waals surface area (Å²) in [4.78, 5) is 21.6. The van der Waals surface area contributed by atoms with Crippen molar-refractivity contribution >= 4 is 11.9 Å². The molecule has 0 bridgehead atoms. The number of carboxylic acids is 1. The third-order valence-electron chi connectivity index (χ3n) is 2.49. The van der Waals surface area contributed by atoms with Gasteiger partial charge in [0.05, 0.1) is 0 Å². The van der Waals surface area contributed by atoms with Crippen molar-refractivity contribution < 1.29 is 19.4 Å². The van der Waals surface area contributed by atoms with Crippen LogP contribution < -0.4 is 0 Å². The molecular formula is C10H16O4. The fourth-order valence-corrected chi connectivity index (χ4v) is 1.65. The zero-order chi connectivity index (χ0) is 10.6. The van der Waals surface area contributed by atoms with Crippen LogP contribution in [0.3, 0.4) is 0 Å². The van der Waals surface area contributed by atoms with Crippen LogP contribution in [0.5, 0.6) is 0 Å². The minimum atomic E-state index is -1.06. The lowest BCUT2D eigenvalue weighted by atomic mass is 10.0. The van der Waals surface area contributed by atoms with Crippen LogP contribution in [0, 0.1) is 5.92 Å². The van der Waals surface area contributed by atoms with Crippen molar-refractivity contribution in [2.45, 2.75) is 45.1 Å². The van der Waals surface area contributed by atoms with Crippen LogP contribution in [0.25, 0.3) is 0 Å². The van der Waals surface area contributed by atoms with E-state index in [0.29, 0.717) is 6.42 Å². The summed E-state index contributed by atoms with van der Waals surface area (Å²) < 4.78 is 4.96. The summed E-state index contributed by atoms with van der Waals surface area (Å²) in [6.07, 6.45) is 4.19. The van der Waals surface area contributed by atoms with Crippen LogP contribution in [0.2, 0.25) is 0 Å². The number of cyclic esters (lactones) is 1. The van der Waals surface area contributed by atoms with E-state index in [-0.39, 0.29) is 6.10 Å². The largest absolute Gasteiger partial charge is 0.481 e. The number of esters is 1. The lowest BCUT2D eigenvalue weighted by Crippen LogP contribution is -2.17. The van der Waals surface area contributed by atoms with Crippen LogP contribution in [-0.2, 0) is 14.3 Å². The highest BCUT2D eigenvalue weighted by Gasteiger charge is 2.38. The minimum absolute atomic E-state index is 0.171. The maximum absolute atomic E-state index is 11.1. The molecule has 2 unspecified atom stereocenters. The first-order valence-corrected chi connectivity index (χ1v) is 5.08. The molecule has 4 nitrogen and oxygen atoms in total. The van der Waals surface area contributed by atoms with Crippen LogP contribution in [0.4, 0.5) is 0 Å². The molecule has 1 fully saturated rings. The Labute approximate surface area is 83.2 Å². The maximum atomic E-state index is 11.1. The number of hydrogen-bond acceptors (Lipinski definition) is 3. The van der Waals surface area contributed by atoms with Gasteiger partial charge in [-0.15, -0.1) is 0 Å². The van der Waals surface area contributed by atoms with Crippen LogP contribution in [0.1, 0.15) is 39.0 Å². The van der Waals surface area contributed by atoms with Crippen LogP contribution in [-0.4, -0.2) is 23.1 Å². The molecule has 0 amide bonds. The number of unbranched alkanes of at least 4 members (excludes halogenated alkanes) is 2. The average molecular weight is 200 g/mol. The van der Waals surface area contributed by atoms with E-state index in [0.717, 1.165) is 25.7 Å². The van der Waals surface area contributed by atoms with E-state index in [1.807, 2.05) is 0 Å². The van der Waals surface area contributed by atoms with Crippen LogP contribution in [0.15, 0.2) is 0 Å². The van der Waals surface area contributed by atoms with E-state index in [9.17, 15) is 9.59 Å². The second-order valence-electron chi connectivity index (χ2n) is 3.68. The van der Waals surface area contributed by atoms with Gasteiger partial charge in [-0.1, -0.05) is 19.8 Å². The van der Waals surface area contributed by atoms with Gasteiger partial charge in [-0.05, 0) is 12.8 Å². The molecule has 1 aliphatic heterocycles. The molecule has 0 aromatic heterocycles. The summed E-state index contributed by atoms with van der Waals surface area (Å²) in [6.45, 7) is 2.10. The van der Waals surface area contributed by atoms with E-state index < -0.39 is 17.9 Å². The van der Waals surface area contributed by atoms with Gasteiger partial charge in [-0.25, -0.2) is 0 Å². The topological polar surface area (TPSA) is 63.6 Å². The first-order valence-electron chi connectivity index (χ1n) is 5.08. The van der Waals surface area contributed by atoms with Gasteiger partial charge in [-0.2, -0.15) is 0 Å². The normalized spacial score (nSPS) is 26.2. The summed E-state index contributed by atoms with van der Waals surface area (Å²) in [5.41, 5.74) is 0. The van der Waals surface area contributed by atoms with Crippen molar-refractivity contribution in [1.82, 2.24) is 0 Å². The SMILES string of the molecule is CCCCCC1CC(C(=O)O)C(=O)O1. The molecule has 80 valence electrons. The average Bonchev–Trinajstić information content (AvgIpc) is 2.47. The summed E-state index contributed by atoms with van der Waals surface area (Å²) in [5, 5.41) is 8.67. The molecule has 0 aromatic rings. The van der Waals surface area contributed by atoms with E-state index in [1.54, 1.807) is 0 Å². The smallest absolute Gasteiger partial charge is 0.320 e. The molecule has 1 heterocycles. The molecule has 0 aromatic carbocycles. The van der Waals surface area contributed by atoms with Crippen molar-refractivity contribution in [2.24, 2.45) is 5.92 Å². The Morgan fingerprint density at radius 1 is 1.57 bits per heavy atom. The predicted molar refractivity (Wildman–Crippen MR) is 49.8 cm³/mol. The number of carbonyl (C=O) groups is 2. The fourth-order valence-electron chi connectivity index (χ4n) is 1.65. The molecule has 1 aliphatic rings. The Kier molecular flexibility index (Phi) is 3.92. The summed E-state index contributed by atoms with van der Waals surface area (Å²) in [5.74, 6) is -2.56. The van der Waals surface area contributed by atoms with Crippen molar-refractivity contribution in [3.05, 3.63) is 0 Å². The Morgan fingerprint density at radius 3 is 2.79 bits per heavy atom. The molecule has 0 spiro atoms. The van der Waals surface area contributed by atoms with E-state index in [4.69, 9.17) is 9.84 Å². The maximum Gasteiger partial charge on any atom is 0.320 e. The molecule has 2 atom stereocenters. The molecule has 0 saturated carbocycles. The quantitative estimate of drug-likeness (QED) is 0.416. The molecule has 1 N–H and O–H groups in total. The van der Waals surface area contributed by atoms with Crippen molar-refractivity contribution in [2.75, 3.05) is 0 Å². The lowest BCUT2D eigenvalue weighted by Gasteiger charge is -2.06. The van der Waals surface area contributed by atoms with Gasteiger partial charge in [0.1, 0.15) is 6.10 Å². The molecular weight excluding hydrogens is 184 g/mol. The first-order chi connectivity index (χ1) is 6.65. The van der Waals surface area contributed by atoms with Crippen molar-refractivity contribution in [3.63, 3.8) is 0 Å². The lowest BCUT2D eigenvalue weighted by molar-refractivity contribution is -0.152. The summed E-state index contributed by atoms with van der Waals surface area (Å²) in [6, 6.07) is 0. The van der Waals surface area contributed by atoms with E-state index in [2.05, 4.69) is 6.92 Å². The summed E-state index contributed by atoms with van der Waals surface area (Å²) >= 11 is 0. The van der Waals surface area contributed by atoms with Gasteiger partial charge in [0, 0.05) is 6.42 Å². The number of carboxylic acid groups (broad SMARTS) is 1. The van der Waals surface area contributed by atoms with Crippen molar-refractivity contribution in [1.29, 1.82) is 0 Å². The Balaban J connectivity index is 2.31.